The number of hydrogen-bond donors (Lipinski definition) is 0. The monoisotopic (exact) mass is 290 g/mol. The third-order valence-corrected chi connectivity index (χ3v) is 4.18. The Balaban J connectivity index is 2.18. The van der Waals surface area contributed by atoms with Crippen LogP contribution in [0.1, 0.15) is 54.5 Å². The molecule has 2 heterocycles. The molecule has 5 heteroatoms. The van der Waals surface area contributed by atoms with Crippen molar-refractivity contribution in [3.05, 3.63) is 23.3 Å². The van der Waals surface area contributed by atoms with E-state index >= 15 is 0 Å². The van der Waals surface area contributed by atoms with Gasteiger partial charge in [-0.15, -0.1) is 0 Å². The summed E-state index contributed by atoms with van der Waals surface area (Å²) in [7, 11) is 3.49. The first-order chi connectivity index (χ1) is 9.90. The zero-order chi connectivity index (χ0) is 15.6. The molecule has 0 aromatic carbocycles. The summed E-state index contributed by atoms with van der Waals surface area (Å²) in [5.41, 5.74) is 1.38. The number of aryl methyl sites for hydroxylation is 1. The third-order valence-electron chi connectivity index (χ3n) is 4.18. The maximum absolute atomic E-state index is 12.0. The molecule has 1 atom stereocenters. The van der Waals surface area contributed by atoms with Crippen molar-refractivity contribution in [1.29, 1.82) is 0 Å². The minimum absolute atomic E-state index is 0.0356. The molecule has 1 unspecified atom stereocenters. The Morgan fingerprint density at radius 3 is 2.71 bits per heavy atom. The lowest BCUT2D eigenvalue weighted by molar-refractivity contribution is 0.0825. The van der Waals surface area contributed by atoms with Gasteiger partial charge in [0.15, 0.2) is 0 Å². The summed E-state index contributed by atoms with van der Waals surface area (Å²) in [5.74, 6) is 1.23. The molecular weight excluding hydrogens is 264 g/mol. The lowest BCUT2D eigenvalue weighted by atomic mass is 9.96. The SMILES string of the molecule is Cc1nc(C2CCCN(C(C)C)C2)ncc1C(=O)N(C)C. The second kappa shape index (κ2) is 6.52. The Kier molecular flexibility index (Phi) is 4.93. The molecule has 0 saturated carbocycles. The first-order valence-corrected chi connectivity index (χ1v) is 7.69. The fraction of sp³-hybridized carbons (Fsp3) is 0.688. The Bertz CT molecular complexity index is 513. The van der Waals surface area contributed by atoms with Gasteiger partial charge in [0.1, 0.15) is 5.82 Å². The number of carbonyl (C=O) groups excluding carboxylic acids is 1. The van der Waals surface area contributed by atoms with Crippen molar-refractivity contribution < 1.29 is 4.79 Å². The van der Waals surface area contributed by atoms with Crippen LogP contribution in [-0.4, -0.2) is 58.9 Å². The van der Waals surface area contributed by atoms with E-state index in [0.717, 1.165) is 31.0 Å². The summed E-state index contributed by atoms with van der Waals surface area (Å²) in [6.45, 7) is 8.52. The largest absolute Gasteiger partial charge is 0.345 e. The summed E-state index contributed by atoms with van der Waals surface area (Å²) in [6, 6.07) is 0.559. The Labute approximate surface area is 127 Å². The van der Waals surface area contributed by atoms with E-state index in [2.05, 4.69) is 28.7 Å². The molecular formula is C16H26N4O. The van der Waals surface area contributed by atoms with Crippen molar-refractivity contribution in [3.8, 4) is 0 Å². The second-order valence-corrected chi connectivity index (χ2v) is 6.35. The van der Waals surface area contributed by atoms with E-state index in [1.165, 1.54) is 6.42 Å². The molecule has 1 fully saturated rings. The molecule has 5 nitrogen and oxygen atoms in total. The van der Waals surface area contributed by atoms with E-state index in [0.29, 0.717) is 17.5 Å². The highest BCUT2D eigenvalue weighted by molar-refractivity contribution is 5.94. The number of nitrogens with zero attached hydrogens (tertiary/aromatic N) is 4. The van der Waals surface area contributed by atoms with Gasteiger partial charge in [0.25, 0.3) is 5.91 Å². The van der Waals surface area contributed by atoms with Gasteiger partial charge < -0.3 is 9.80 Å². The van der Waals surface area contributed by atoms with Gasteiger partial charge in [0, 0.05) is 38.8 Å². The lowest BCUT2D eigenvalue weighted by Gasteiger charge is -2.34. The van der Waals surface area contributed by atoms with Crippen molar-refractivity contribution in [2.75, 3.05) is 27.2 Å². The van der Waals surface area contributed by atoms with E-state index in [9.17, 15) is 4.79 Å². The molecule has 1 aliphatic heterocycles. The van der Waals surface area contributed by atoms with E-state index in [1.54, 1.807) is 25.2 Å². The molecule has 0 radical (unpaired) electrons. The van der Waals surface area contributed by atoms with Crippen LogP contribution in [0.2, 0.25) is 0 Å². The fourth-order valence-corrected chi connectivity index (χ4v) is 2.82. The predicted molar refractivity (Wildman–Crippen MR) is 83.5 cm³/mol. The standard InChI is InChI=1S/C16H26N4O/c1-11(2)20-8-6-7-13(10-20)15-17-9-14(12(3)18-15)16(21)19(4)5/h9,11,13H,6-8,10H2,1-5H3. The van der Waals surface area contributed by atoms with Gasteiger partial charge in [0.2, 0.25) is 0 Å². The molecule has 2 rings (SSSR count). The molecule has 1 aromatic rings. The smallest absolute Gasteiger partial charge is 0.256 e. The molecule has 0 bridgehead atoms. The van der Waals surface area contributed by atoms with E-state index in [4.69, 9.17) is 0 Å². The molecule has 1 saturated heterocycles. The number of rotatable bonds is 3. The van der Waals surface area contributed by atoms with Gasteiger partial charge in [0.05, 0.1) is 11.3 Å². The van der Waals surface area contributed by atoms with Crippen LogP contribution in [-0.2, 0) is 0 Å². The van der Waals surface area contributed by atoms with E-state index in [1.807, 2.05) is 6.92 Å². The number of hydrogen-bond acceptors (Lipinski definition) is 4. The Morgan fingerprint density at radius 1 is 1.43 bits per heavy atom. The minimum Gasteiger partial charge on any atom is -0.345 e. The molecule has 1 amide bonds. The fourth-order valence-electron chi connectivity index (χ4n) is 2.82. The molecule has 1 aliphatic rings. The quantitative estimate of drug-likeness (QED) is 0.855. The topological polar surface area (TPSA) is 49.3 Å². The summed E-state index contributed by atoms with van der Waals surface area (Å²) >= 11 is 0. The molecule has 1 aromatic heterocycles. The number of piperidine rings is 1. The van der Waals surface area contributed by atoms with Crippen molar-refractivity contribution >= 4 is 5.91 Å². The van der Waals surface area contributed by atoms with Crippen LogP contribution in [0.5, 0.6) is 0 Å². The first-order valence-electron chi connectivity index (χ1n) is 7.69. The average molecular weight is 290 g/mol. The Hall–Kier alpha value is -1.49. The average Bonchev–Trinajstić information content (AvgIpc) is 2.46. The maximum Gasteiger partial charge on any atom is 0.256 e. The first kappa shape index (κ1) is 15.9. The normalized spacial score (nSPS) is 19.8. The van der Waals surface area contributed by atoms with Crippen molar-refractivity contribution in [2.24, 2.45) is 0 Å². The maximum atomic E-state index is 12.0. The van der Waals surface area contributed by atoms with Gasteiger partial charge in [-0.3, -0.25) is 4.79 Å². The molecule has 0 N–H and O–H groups in total. The van der Waals surface area contributed by atoms with Crippen molar-refractivity contribution in [3.63, 3.8) is 0 Å². The second-order valence-electron chi connectivity index (χ2n) is 6.35. The van der Waals surface area contributed by atoms with Crippen LogP contribution < -0.4 is 0 Å². The zero-order valence-electron chi connectivity index (χ0n) is 13.8. The molecule has 21 heavy (non-hydrogen) atoms. The van der Waals surface area contributed by atoms with Gasteiger partial charge >= 0.3 is 0 Å². The summed E-state index contributed by atoms with van der Waals surface area (Å²) in [4.78, 5) is 25.2. The van der Waals surface area contributed by atoms with Gasteiger partial charge in [-0.05, 0) is 40.2 Å². The zero-order valence-corrected chi connectivity index (χ0v) is 13.8. The molecule has 116 valence electrons. The highest BCUT2D eigenvalue weighted by atomic mass is 16.2. The van der Waals surface area contributed by atoms with Crippen LogP contribution in [0.3, 0.4) is 0 Å². The Morgan fingerprint density at radius 2 is 2.14 bits per heavy atom. The summed E-state index contributed by atoms with van der Waals surface area (Å²) in [6.07, 6.45) is 4.00. The minimum atomic E-state index is -0.0356. The lowest BCUT2D eigenvalue weighted by Crippen LogP contribution is -2.39. The van der Waals surface area contributed by atoms with Gasteiger partial charge in [-0.25, -0.2) is 9.97 Å². The number of likely N-dealkylation sites (tertiary alicyclic amines) is 1. The molecule has 0 aliphatic carbocycles. The predicted octanol–water partition coefficient (Wildman–Crippen LogP) is 2.07. The number of amides is 1. The van der Waals surface area contributed by atoms with Gasteiger partial charge in [-0.2, -0.15) is 0 Å². The highest BCUT2D eigenvalue weighted by Crippen LogP contribution is 2.26. The van der Waals surface area contributed by atoms with E-state index in [-0.39, 0.29) is 5.91 Å². The van der Waals surface area contributed by atoms with Crippen LogP contribution in [0.25, 0.3) is 0 Å². The summed E-state index contributed by atoms with van der Waals surface area (Å²) < 4.78 is 0. The van der Waals surface area contributed by atoms with E-state index < -0.39 is 0 Å². The van der Waals surface area contributed by atoms with Crippen LogP contribution in [0.15, 0.2) is 6.20 Å². The van der Waals surface area contributed by atoms with Crippen LogP contribution in [0.4, 0.5) is 0 Å². The number of aromatic nitrogens is 2. The van der Waals surface area contributed by atoms with Crippen LogP contribution >= 0.6 is 0 Å². The number of carbonyl (C=O) groups is 1. The highest BCUT2D eigenvalue weighted by Gasteiger charge is 2.25. The summed E-state index contributed by atoms with van der Waals surface area (Å²) in [5, 5.41) is 0. The molecule has 0 spiro atoms. The van der Waals surface area contributed by atoms with Gasteiger partial charge in [-0.1, -0.05) is 0 Å². The van der Waals surface area contributed by atoms with Crippen molar-refractivity contribution in [2.45, 2.75) is 45.6 Å². The van der Waals surface area contributed by atoms with Crippen LogP contribution in [0, 0.1) is 6.92 Å². The third kappa shape index (κ3) is 3.59. The van der Waals surface area contributed by atoms with Crippen molar-refractivity contribution in [1.82, 2.24) is 19.8 Å².